The van der Waals surface area contributed by atoms with Gasteiger partial charge in [-0.25, -0.2) is 4.79 Å². The highest BCUT2D eigenvalue weighted by Gasteiger charge is 2.12. The number of rotatable bonds is 4. The first-order valence-electron chi connectivity index (χ1n) is 4.37. The predicted octanol–water partition coefficient (Wildman–Crippen LogP) is -0.170. The molecule has 0 aromatic heterocycles. The van der Waals surface area contributed by atoms with Gasteiger partial charge in [0.25, 0.3) is 0 Å². The molecule has 0 aliphatic carbocycles. The van der Waals surface area contributed by atoms with Crippen molar-refractivity contribution in [3.63, 3.8) is 0 Å². The summed E-state index contributed by atoms with van der Waals surface area (Å²) in [5.41, 5.74) is 0. The van der Waals surface area contributed by atoms with Gasteiger partial charge in [-0.2, -0.15) is 0 Å². The van der Waals surface area contributed by atoms with Crippen molar-refractivity contribution in [1.82, 2.24) is 16.0 Å². The average Bonchev–Trinajstić information content (AvgIpc) is 2.13. The Balaban J connectivity index is 3.71. The van der Waals surface area contributed by atoms with Crippen LogP contribution in [0.3, 0.4) is 0 Å². The maximum Gasteiger partial charge on any atom is 0.315 e. The Bertz CT molecular complexity index is 182. The van der Waals surface area contributed by atoms with Crippen LogP contribution in [0.5, 0.6) is 0 Å². The number of carbonyl (C=O) groups is 2. The van der Waals surface area contributed by atoms with Crippen LogP contribution in [0, 0.1) is 0 Å². The van der Waals surface area contributed by atoms with Gasteiger partial charge in [-0.05, 0) is 13.3 Å². The molecule has 0 saturated heterocycles. The lowest BCUT2D eigenvalue weighted by Gasteiger charge is -2.12. The van der Waals surface area contributed by atoms with Gasteiger partial charge < -0.3 is 16.0 Å². The third-order valence-electron chi connectivity index (χ3n) is 1.52. The fourth-order valence-electron chi connectivity index (χ4n) is 0.768. The van der Waals surface area contributed by atoms with Crippen molar-refractivity contribution in [3.8, 4) is 0 Å². The van der Waals surface area contributed by atoms with Gasteiger partial charge in [-0.1, -0.05) is 6.92 Å². The van der Waals surface area contributed by atoms with E-state index in [1.165, 1.54) is 7.05 Å². The summed E-state index contributed by atoms with van der Waals surface area (Å²) in [7, 11) is 1.53. The Morgan fingerprint density at radius 1 is 1.38 bits per heavy atom. The first kappa shape index (κ1) is 11.7. The van der Waals surface area contributed by atoms with Gasteiger partial charge in [0.1, 0.15) is 6.04 Å². The second kappa shape index (κ2) is 6.28. The van der Waals surface area contributed by atoms with E-state index in [4.69, 9.17) is 0 Å². The zero-order valence-electron chi connectivity index (χ0n) is 8.31. The summed E-state index contributed by atoms with van der Waals surface area (Å²) >= 11 is 0. The van der Waals surface area contributed by atoms with Crippen molar-refractivity contribution in [2.75, 3.05) is 13.6 Å². The van der Waals surface area contributed by atoms with E-state index in [1.54, 1.807) is 6.92 Å². The van der Waals surface area contributed by atoms with Crippen molar-refractivity contribution in [3.05, 3.63) is 0 Å². The number of hydrogen-bond acceptors (Lipinski definition) is 2. The third-order valence-corrected chi connectivity index (χ3v) is 1.52. The number of likely N-dealkylation sites (N-methyl/N-ethyl adjacent to an activating group) is 1. The summed E-state index contributed by atoms with van der Waals surface area (Å²) in [6.45, 7) is 4.21. The van der Waals surface area contributed by atoms with Gasteiger partial charge in [-0.15, -0.1) is 0 Å². The van der Waals surface area contributed by atoms with E-state index in [1.807, 2.05) is 6.92 Å². The molecule has 0 radical (unpaired) electrons. The SMILES string of the molecule is CCCNC(=O)NC(C)C(=O)NC. The van der Waals surface area contributed by atoms with E-state index in [2.05, 4.69) is 16.0 Å². The zero-order valence-corrected chi connectivity index (χ0v) is 8.31. The van der Waals surface area contributed by atoms with Crippen LogP contribution < -0.4 is 16.0 Å². The van der Waals surface area contributed by atoms with Gasteiger partial charge in [0.2, 0.25) is 5.91 Å². The lowest BCUT2D eigenvalue weighted by atomic mass is 10.3. The van der Waals surface area contributed by atoms with Crippen LogP contribution in [0.25, 0.3) is 0 Å². The molecular formula is C8H17N3O2. The minimum Gasteiger partial charge on any atom is -0.357 e. The van der Waals surface area contributed by atoms with Crippen molar-refractivity contribution in [2.24, 2.45) is 0 Å². The maximum atomic E-state index is 11.0. The average molecular weight is 187 g/mol. The summed E-state index contributed by atoms with van der Waals surface area (Å²) in [5, 5.41) is 7.56. The molecule has 3 N–H and O–H groups in total. The molecule has 76 valence electrons. The quantitative estimate of drug-likeness (QED) is 0.572. The Labute approximate surface area is 78.3 Å². The monoisotopic (exact) mass is 187 g/mol. The number of urea groups is 1. The second-order valence-electron chi connectivity index (χ2n) is 2.74. The highest BCUT2D eigenvalue weighted by Crippen LogP contribution is 1.81. The molecule has 0 saturated carbocycles. The fourth-order valence-corrected chi connectivity index (χ4v) is 0.768. The van der Waals surface area contributed by atoms with Gasteiger partial charge in [0.15, 0.2) is 0 Å². The minimum absolute atomic E-state index is 0.202. The smallest absolute Gasteiger partial charge is 0.315 e. The first-order valence-corrected chi connectivity index (χ1v) is 4.37. The Hall–Kier alpha value is -1.26. The standard InChI is InChI=1S/C8H17N3O2/c1-4-5-10-8(13)11-6(2)7(12)9-3/h6H,4-5H2,1-3H3,(H,9,12)(H2,10,11,13). The van der Waals surface area contributed by atoms with Crippen molar-refractivity contribution in [1.29, 1.82) is 0 Å². The minimum atomic E-state index is -0.498. The molecule has 3 amide bonds. The van der Waals surface area contributed by atoms with Crippen LogP contribution in [0.4, 0.5) is 4.79 Å². The molecule has 0 aliphatic heterocycles. The second-order valence-corrected chi connectivity index (χ2v) is 2.74. The van der Waals surface area contributed by atoms with Gasteiger partial charge in [0, 0.05) is 13.6 Å². The molecule has 0 rings (SSSR count). The summed E-state index contributed by atoms with van der Waals surface area (Å²) < 4.78 is 0. The van der Waals surface area contributed by atoms with Gasteiger partial charge >= 0.3 is 6.03 Å². The van der Waals surface area contributed by atoms with Crippen LogP contribution in [-0.2, 0) is 4.79 Å². The van der Waals surface area contributed by atoms with Gasteiger partial charge in [0.05, 0.1) is 0 Å². The fraction of sp³-hybridized carbons (Fsp3) is 0.750. The summed E-state index contributed by atoms with van der Waals surface area (Å²) in [4.78, 5) is 22.0. The Kier molecular flexibility index (Phi) is 5.67. The van der Waals surface area contributed by atoms with Crippen LogP contribution in [0.1, 0.15) is 20.3 Å². The van der Waals surface area contributed by atoms with Crippen LogP contribution >= 0.6 is 0 Å². The maximum absolute atomic E-state index is 11.0. The number of nitrogens with one attached hydrogen (secondary N) is 3. The van der Waals surface area contributed by atoms with E-state index in [0.717, 1.165) is 6.42 Å². The van der Waals surface area contributed by atoms with Crippen LogP contribution in [-0.4, -0.2) is 31.6 Å². The lowest BCUT2D eigenvalue weighted by molar-refractivity contribution is -0.122. The van der Waals surface area contributed by atoms with Crippen LogP contribution in [0.15, 0.2) is 0 Å². The Morgan fingerprint density at radius 3 is 2.46 bits per heavy atom. The zero-order chi connectivity index (χ0) is 10.3. The summed E-state index contributed by atoms with van der Waals surface area (Å²) in [6, 6.07) is -0.806. The van der Waals surface area contributed by atoms with E-state index in [9.17, 15) is 9.59 Å². The van der Waals surface area contributed by atoms with E-state index in [-0.39, 0.29) is 11.9 Å². The molecule has 5 nitrogen and oxygen atoms in total. The molecule has 0 fully saturated rings. The molecule has 0 aromatic rings. The third kappa shape index (κ3) is 5.05. The van der Waals surface area contributed by atoms with Crippen LogP contribution in [0.2, 0.25) is 0 Å². The molecule has 0 aliphatic rings. The molecule has 0 heterocycles. The molecule has 0 spiro atoms. The van der Waals surface area contributed by atoms with E-state index in [0.29, 0.717) is 6.54 Å². The number of carbonyl (C=O) groups excluding carboxylic acids is 2. The van der Waals surface area contributed by atoms with Crippen molar-refractivity contribution >= 4 is 11.9 Å². The molecule has 5 heteroatoms. The predicted molar refractivity (Wildman–Crippen MR) is 50.4 cm³/mol. The topological polar surface area (TPSA) is 70.2 Å². The van der Waals surface area contributed by atoms with E-state index >= 15 is 0 Å². The van der Waals surface area contributed by atoms with Gasteiger partial charge in [-0.3, -0.25) is 4.79 Å². The Morgan fingerprint density at radius 2 is 2.00 bits per heavy atom. The first-order chi connectivity index (χ1) is 6.11. The molecular weight excluding hydrogens is 170 g/mol. The molecule has 0 aromatic carbocycles. The highest BCUT2D eigenvalue weighted by atomic mass is 16.2. The number of hydrogen-bond donors (Lipinski definition) is 3. The molecule has 1 unspecified atom stereocenters. The lowest BCUT2D eigenvalue weighted by Crippen LogP contribution is -2.47. The highest BCUT2D eigenvalue weighted by molar-refractivity contribution is 5.86. The molecule has 13 heavy (non-hydrogen) atoms. The summed E-state index contributed by atoms with van der Waals surface area (Å²) in [6.07, 6.45) is 0.877. The van der Waals surface area contributed by atoms with E-state index < -0.39 is 6.04 Å². The van der Waals surface area contributed by atoms with Crippen molar-refractivity contribution in [2.45, 2.75) is 26.3 Å². The normalized spacial score (nSPS) is 11.6. The summed E-state index contributed by atoms with van der Waals surface area (Å²) in [5.74, 6) is -0.202. The molecule has 1 atom stereocenters. The molecule has 0 bridgehead atoms. The number of amides is 3. The van der Waals surface area contributed by atoms with Crippen molar-refractivity contribution < 1.29 is 9.59 Å². The largest absolute Gasteiger partial charge is 0.357 e.